The molecule has 0 atom stereocenters. The summed E-state index contributed by atoms with van der Waals surface area (Å²) in [6, 6.07) is 25.9. The second-order valence-electron chi connectivity index (χ2n) is 6.58. The Balaban J connectivity index is 1.63. The minimum absolute atomic E-state index is 0.430. The molecule has 134 valence electrons. The van der Waals surface area contributed by atoms with E-state index in [1.54, 1.807) is 6.07 Å². The number of aromatic amines is 1. The van der Waals surface area contributed by atoms with Gasteiger partial charge in [0.1, 0.15) is 0 Å². The van der Waals surface area contributed by atoms with E-state index in [4.69, 9.17) is 5.73 Å². The first-order valence-electron chi connectivity index (χ1n) is 9.01. The highest BCUT2D eigenvalue weighted by molar-refractivity contribution is 6.00. The lowest BCUT2D eigenvalue weighted by atomic mass is 10.0. The Labute approximate surface area is 158 Å². The lowest BCUT2D eigenvalue weighted by molar-refractivity contribution is 0.100. The third-order valence-corrected chi connectivity index (χ3v) is 4.71. The number of fused-ring (bicyclic) bond motifs is 1. The third-order valence-electron chi connectivity index (χ3n) is 4.71. The van der Waals surface area contributed by atoms with Crippen LogP contribution in [0.15, 0.2) is 78.9 Å². The lowest BCUT2D eigenvalue weighted by Crippen LogP contribution is -2.14. The van der Waals surface area contributed by atoms with Gasteiger partial charge in [0, 0.05) is 16.9 Å². The number of anilines is 2. The van der Waals surface area contributed by atoms with Crippen LogP contribution in [0.2, 0.25) is 0 Å². The van der Waals surface area contributed by atoms with Crippen molar-refractivity contribution in [1.29, 1.82) is 0 Å². The number of carbonyl (C=O) groups is 1. The van der Waals surface area contributed by atoms with Gasteiger partial charge in [-0.15, -0.1) is 0 Å². The molecular formula is C23H21N3O. The first-order valence-corrected chi connectivity index (χ1v) is 9.01. The van der Waals surface area contributed by atoms with E-state index >= 15 is 0 Å². The number of para-hydroxylation sites is 3. The predicted octanol–water partition coefficient (Wildman–Crippen LogP) is 4.80. The van der Waals surface area contributed by atoms with Crippen molar-refractivity contribution in [2.24, 2.45) is 5.73 Å². The molecule has 1 amide bonds. The SMILES string of the molecule is NC(=O)c1cccc(CCc2cc3ccccc3[nH]2)c1Nc1ccccc1. The molecule has 0 aliphatic heterocycles. The Kier molecular flexibility index (Phi) is 4.62. The molecule has 1 heterocycles. The molecular weight excluding hydrogens is 334 g/mol. The van der Waals surface area contributed by atoms with Gasteiger partial charge in [0.25, 0.3) is 5.91 Å². The molecule has 4 N–H and O–H groups in total. The van der Waals surface area contributed by atoms with E-state index in [0.29, 0.717) is 5.56 Å². The molecule has 1 aromatic heterocycles. The van der Waals surface area contributed by atoms with Crippen LogP contribution in [-0.4, -0.2) is 10.9 Å². The van der Waals surface area contributed by atoms with Crippen LogP contribution >= 0.6 is 0 Å². The zero-order valence-electron chi connectivity index (χ0n) is 14.9. The van der Waals surface area contributed by atoms with Crippen molar-refractivity contribution >= 4 is 28.2 Å². The molecule has 0 unspecified atom stereocenters. The van der Waals surface area contributed by atoms with Gasteiger partial charge in [-0.25, -0.2) is 0 Å². The molecule has 27 heavy (non-hydrogen) atoms. The molecule has 4 aromatic rings. The highest BCUT2D eigenvalue weighted by atomic mass is 16.1. The molecule has 0 saturated carbocycles. The number of benzene rings is 3. The molecule has 4 nitrogen and oxygen atoms in total. The summed E-state index contributed by atoms with van der Waals surface area (Å²) in [4.78, 5) is 15.4. The van der Waals surface area contributed by atoms with Crippen LogP contribution in [0.25, 0.3) is 10.9 Å². The number of rotatable bonds is 6. The summed E-state index contributed by atoms with van der Waals surface area (Å²) in [5, 5.41) is 4.58. The summed E-state index contributed by atoms with van der Waals surface area (Å²) >= 11 is 0. The van der Waals surface area contributed by atoms with Crippen molar-refractivity contribution in [3.63, 3.8) is 0 Å². The fourth-order valence-electron chi connectivity index (χ4n) is 3.36. The Bertz CT molecular complexity index is 1050. The maximum Gasteiger partial charge on any atom is 0.250 e. The largest absolute Gasteiger partial charge is 0.366 e. The van der Waals surface area contributed by atoms with E-state index in [-0.39, 0.29) is 0 Å². The maximum absolute atomic E-state index is 11.9. The predicted molar refractivity (Wildman–Crippen MR) is 110 cm³/mol. The first-order chi connectivity index (χ1) is 13.2. The number of nitrogens with one attached hydrogen (secondary N) is 2. The van der Waals surface area contributed by atoms with E-state index in [0.717, 1.165) is 35.3 Å². The van der Waals surface area contributed by atoms with Crippen LogP contribution < -0.4 is 11.1 Å². The van der Waals surface area contributed by atoms with Crippen molar-refractivity contribution in [1.82, 2.24) is 4.98 Å². The van der Waals surface area contributed by atoms with Crippen LogP contribution in [0.1, 0.15) is 21.6 Å². The quantitative estimate of drug-likeness (QED) is 0.465. The van der Waals surface area contributed by atoms with E-state index in [1.165, 1.54) is 11.1 Å². The van der Waals surface area contributed by atoms with Crippen LogP contribution in [0.4, 0.5) is 11.4 Å². The summed E-state index contributed by atoms with van der Waals surface area (Å²) in [7, 11) is 0. The smallest absolute Gasteiger partial charge is 0.250 e. The number of nitrogens with two attached hydrogens (primary N) is 1. The van der Waals surface area contributed by atoms with Gasteiger partial charge in [-0.05, 0) is 54.1 Å². The number of aromatic nitrogens is 1. The molecule has 0 aliphatic rings. The molecule has 0 radical (unpaired) electrons. The standard InChI is InChI=1S/C23H21N3O/c24-23(27)20-11-6-8-16(22(20)26-18-9-2-1-3-10-18)13-14-19-15-17-7-4-5-12-21(17)25-19/h1-12,15,25-26H,13-14H2,(H2,24,27). The van der Waals surface area contributed by atoms with E-state index < -0.39 is 5.91 Å². The lowest BCUT2D eigenvalue weighted by Gasteiger charge is -2.15. The van der Waals surface area contributed by atoms with Crippen LogP contribution in [0.5, 0.6) is 0 Å². The van der Waals surface area contributed by atoms with Crippen LogP contribution in [-0.2, 0) is 12.8 Å². The van der Waals surface area contributed by atoms with Crippen molar-refractivity contribution < 1.29 is 4.79 Å². The number of aryl methyl sites for hydroxylation is 2. The third kappa shape index (κ3) is 3.70. The molecule has 3 aromatic carbocycles. The summed E-state index contributed by atoms with van der Waals surface area (Å²) in [6.45, 7) is 0. The average Bonchev–Trinajstić information content (AvgIpc) is 3.10. The minimum Gasteiger partial charge on any atom is -0.366 e. The molecule has 0 fully saturated rings. The number of hydrogen-bond donors (Lipinski definition) is 3. The minimum atomic E-state index is -0.430. The second-order valence-corrected chi connectivity index (χ2v) is 6.58. The molecule has 4 heteroatoms. The van der Waals surface area contributed by atoms with Gasteiger partial charge in [0.2, 0.25) is 0 Å². The summed E-state index contributed by atoms with van der Waals surface area (Å²) < 4.78 is 0. The normalized spacial score (nSPS) is 10.8. The average molecular weight is 355 g/mol. The summed E-state index contributed by atoms with van der Waals surface area (Å²) in [5.41, 5.74) is 11.2. The zero-order valence-corrected chi connectivity index (χ0v) is 14.9. The van der Waals surface area contributed by atoms with E-state index in [9.17, 15) is 4.79 Å². The number of carbonyl (C=O) groups excluding carboxylic acids is 1. The topological polar surface area (TPSA) is 70.9 Å². The summed E-state index contributed by atoms with van der Waals surface area (Å²) in [5.74, 6) is -0.430. The fraction of sp³-hybridized carbons (Fsp3) is 0.0870. The zero-order chi connectivity index (χ0) is 18.6. The van der Waals surface area contributed by atoms with Gasteiger partial charge < -0.3 is 16.0 Å². The van der Waals surface area contributed by atoms with Crippen LogP contribution in [0, 0.1) is 0 Å². The highest BCUT2D eigenvalue weighted by Gasteiger charge is 2.13. The van der Waals surface area contributed by atoms with Gasteiger partial charge in [-0.2, -0.15) is 0 Å². The number of H-pyrrole nitrogens is 1. The fourth-order valence-corrected chi connectivity index (χ4v) is 3.36. The number of primary amides is 1. The summed E-state index contributed by atoms with van der Waals surface area (Å²) in [6.07, 6.45) is 1.64. The van der Waals surface area contributed by atoms with Gasteiger partial charge in [0.15, 0.2) is 0 Å². The molecule has 0 saturated heterocycles. The monoisotopic (exact) mass is 355 g/mol. The Morgan fingerprint density at radius 1 is 0.889 bits per heavy atom. The van der Waals surface area contributed by atoms with Gasteiger partial charge >= 0.3 is 0 Å². The first kappa shape index (κ1) is 16.9. The van der Waals surface area contributed by atoms with E-state index in [1.807, 2.05) is 54.6 Å². The van der Waals surface area contributed by atoms with Gasteiger partial charge in [-0.1, -0.05) is 48.5 Å². The van der Waals surface area contributed by atoms with Crippen molar-refractivity contribution in [3.8, 4) is 0 Å². The molecule has 0 aliphatic carbocycles. The highest BCUT2D eigenvalue weighted by Crippen LogP contribution is 2.27. The molecule has 0 bridgehead atoms. The van der Waals surface area contributed by atoms with E-state index in [2.05, 4.69) is 28.5 Å². The number of hydrogen-bond acceptors (Lipinski definition) is 2. The Morgan fingerprint density at radius 2 is 1.67 bits per heavy atom. The van der Waals surface area contributed by atoms with Gasteiger partial charge in [-0.3, -0.25) is 4.79 Å². The second kappa shape index (κ2) is 7.38. The molecule has 0 spiro atoms. The van der Waals surface area contributed by atoms with Crippen molar-refractivity contribution in [2.45, 2.75) is 12.8 Å². The molecule has 4 rings (SSSR count). The van der Waals surface area contributed by atoms with Gasteiger partial charge in [0.05, 0.1) is 11.3 Å². The maximum atomic E-state index is 11.9. The van der Waals surface area contributed by atoms with Crippen molar-refractivity contribution in [2.75, 3.05) is 5.32 Å². The number of amides is 1. The Morgan fingerprint density at radius 3 is 2.44 bits per heavy atom. The Hall–Kier alpha value is -3.53. The van der Waals surface area contributed by atoms with Crippen molar-refractivity contribution in [3.05, 3.63) is 95.7 Å². The van der Waals surface area contributed by atoms with Crippen LogP contribution in [0.3, 0.4) is 0 Å².